The molecule has 0 aliphatic carbocycles. The molecule has 0 aromatic heterocycles. The highest BCUT2D eigenvalue weighted by Gasteiger charge is 2.53. The number of hydrogen-bond acceptors (Lipinski definition) is 12. The number of esters is 4. The van der Waals surface area contributed by atoms with Crippen LogP contribution in [0.25, 0.3) is 6.08 Å². The van der Waals surface area contributed by atoms with Crippen molar-refractivity contribution >= 4 is 41.5 Å². The Morgan fingerprint density at radius 3 is 1.68 bits per heavy atom. The molecule has 0 N–H and O–H groups in total. The molecule has 1 saturated heterocycles. The molecule has 1 aliphatic heterocycles. The van der Waals surface area contributed by atoms with Crippen LogP contribution in [0.4, 0.5) is 0 Å². The number of carbonyl (C=O) groups is 6. The zero-order valence-corrected chi connectivity index (χ0v) is 21.9. The minimum atomic E-state index is -1.39. The number of ether oxygens (including phenoxy) is 6. The summed E-state index contributed by atoms with van der Waals surface area (Å²) < 4.78 is 32.9. The molecule has 5 unspecified atom stereocenters. The van der Waals surface area contributed by atoms with Crippen LogP contribution in [0.15, 0.2) is 29.8 Å². The van der Waals surface area contributed by atoms with Crippen LogP contribution in [0.3, 0.4) is 0 Å². The van der Waals surface area contributed by atoms with Crippen LogP contribution in [-0.2, 0) is 52.5 Å². The fraction of sp³-hybridized carbons (Fsp3) is 0.462. The topological polar surface area (TPSA) is 158 Å². The molecular weight excluding hydrogens is 504 g/mol. The van der Waals surface area contributed by atoms with Gasteiger partial charge in [0.2, 0.25) is 12.4 Å². The van der Waals surface area contributed by atoms with Gasteiger partial charge in [-0.2, -0.15) is 0 Å². The Balaban J connectivity index is 2.44. The van der Waals surface area contributed by atoms with Gasteiger partial charge in [-0.15, -0.1) is 0 Å². The van der Waals surface area contributed by atoms with Crippen molar-refractivity contribution in [3.05, 3.63) is 35.4 Å². The van der Waals surface area contributed by atoms with Gasteiger partial charge in [0.05, 0.1) is 5.57 Å². The lowest BCUT2D eigenvalue weighted by Gasteiger charge is -2.43. The number of rotatable bonds is 10. The average molecular weight is 535 g/mol. The molecule has 2 rings (SSSR count). The van der Waals surface area contributed by atoms with E-state index in [0.29, 0.717) is 5.56 Å². The zero-order valence-electron chi connectivity index (χ0n) is 21.9. The summed E-state index contributed by atoms with van der Waals surface area (Å²) in [5.41, 5.74) is 0.567. The highest BCUT2D eigenvalue weighted by atomic mass is 16.7. The van der Waals surface area contributed by atoms with Crippen LogP contribution >= 0.6 is 0 Å². The first kappa shape index (κ1) is 30.2. The Kier molecular flexibility index (Phi) is 10.7. The Morgan fingerprint density at radius 2 is 1.21 bits per heavy atom. The van der Waals surface area contributed by atoms with E-state index in [4.69, 9.17) is 28.4 Å². The number of benzene rings is 1. The average Bonchev–Trinajstić information content (AvgIpc) is 2.79. The van der Waals surface area contributed by atoms with Gasteiger partial charge in [0, 0.05) is 27.7 Å². The summed E-state index contributed by atoms with van der Waals surface area (Å²) in [7, 11) is 0. The van der Waals surface area contributed by atoms with Crippen LogP contribution in [-0.4, -0.2) is 72.8 Å². The van der Waals surface area contributed by atoms with Crippen LogP contribution in [0.5, 0.6) is 5.75 Å². The summed E-state index contributed by atoms with van der Waals surface area (Å²) in [5.74, 6) is -3.45. The summed E-state index contributed by atoms with van der Waals surface area (Å²) in [5, 5.41) is 0. The molecule has 1 fully saturated rings. The van der Waals surface area contributed by atoms with Gasteiger partial charge < -0.3 is 28.4 Å². The Morgan fingerprint density at radius 1 is 0.711 bits per heavy atom. The summed E-state index contributed by atoms with van der Waals surface area (Å²) in [6.45, 7) is 6.71. The largest absolute Gasteiger partial charge is 0.463 e. The van der Waals surface area contributed by atoms with E-state index in [0.717, 1.165) is 20.8 Å². The van der Waals surface area contributed by atoms with Gasteiger partial charge in [-0.05, 0) is 37.6 Å². The third-order valence-electron chi connectivity index (χ3n) is 5.15. The molecule has 1 aromatic carbocycles. The Bertz CT molecular complexity index is 1090. The van der Waals surface area contributed by atoms with Crippen molar-refractivity contribution in [1.82, 2.24) is 0 Å². The summed E-state index contributed by atoms with van der Waals surface area (Å²) in [4.78, 5) is 70.5. The minimum absolute atomic E-state index is 0.0262. The standard InChI is InChI=1S/C26H30O12/c1-13(27)21(14(2)28)11-19-7-9-20(10-8-19)37-26-25(36-18(6)32)24(35-17(5)31)23(34-16(4)30)22(38-26)12-33-15(3)29/h7-11,22-26H,12H2,1-6H3. The van der Waals surface area contributed by atoms with Gasteiger partial charge in [-0.3, -0.25) is 28.8 Å². The SMILES string of the molecule is CC(=O)OCC1OC(Oc2ccc(C=C(C(C)=O)C(C)=O)cc2)C(OC(C)=O)C(OC(C)=O)C1OC(C)=O. The van der Waals surface area contributed by atoms with Crippen molar-refractivity contribution in [2.45, 2.75) is 72.2 Å². The Hall–Kier alpha value is -4.06. The number of hydrogen-bond donors (Lipinski definition) is 0. The predicted molar refractivity (Wildman–Crippen MR) is 128 cm³/mol. The van der Waals surface area contributed by atoms with Gasteiger partial charge in [0.1, 0.15) is 18.5 Å². The van der Waals surface area contributed by atoms with E-state index in [9.17, 15) is 28.8 Å². The van der Waals surface area contributed by atoms with Gasteiger partial charge in [0.25, 0.3) is 0 Å². The quantitative estimate of drug-likeness (QED) is 0.141. The van der Waals surface area contributed by atoms with Gasteiger partial charge in [-0.25, -0.2) is 0 Å². The van der Waals surface area contributed by atoms with Crippen molar-refractivity contribution in [2.24, 2.45) is 0 Å². The van der Waals surface area contributed by atoms with E-state index in [1.165, 1.54) is 39.0 Å². The molecule has 12 heteroatoms. The zero-order chi connectivity index (χ0) is 28.6. The van der Waals surface area contributed by atoms with E-state index < -0.39 is 54.6 Å². The Labute approximate surface area is 219 Å². The second-order valence-electron chi connectivity index (χ2n) is 8.42. The predicted octanol–water partition coefficient (Wildman–Crippen LogP) is 1.71. The van der Waals surface area contributed by atoms with Gasteiger partial charge in [-0.1, -0.05) is 12.1 Å². The van der Waals surface area contributed by atoms with E-state index in [-0.39, 0.29) is 29.5 Å². The fourth-order valence-electron chi connectivity index (χ4n) is 3.68. The molecule has 0 saturated carbocycles. The van der Waals surface area contributed by atoms with Crippen molar-refractivity contribution in [3.63, 3.8) is 0 Å². The van der Waals surface area contributed by atoms with Crippen LogP contribution in [0.2, 0.25) is 0 Å². The fourth-order valence-corrected chi connectivity index (χ4v) is 3.68. The highest BCUT2D eigenvalue weighted by molar-refractivity contribution is 6.21. The molecule has 0 bridgehead atoms. The van der Waals surface area contributed by atoms with Crippen molar-refractivity contribution in [3.8, 4) is 5.75 Å². The molecule has 5 atom stereocenters. The molecule has 38 heavy (non-hydrogen) atoms. The lowest BCUT2D eigenvalue weighted by atomic mass is 9.98. The van der Waals surface area contributed by atoms with E-state index in [1.807, 2.05) is 0 Å². The smallest absolute Gasteiger partial charge is 0.303 e. The molecule has 12 nitrogen and oxygen atoms in total. The second-order valence-corrected chi connectivity index (χ2v) is 8.42. The molecule has 1 heterocycles. The molecule has 206 valence electrons. The first-order valence-electron chi connectivity index (χ1n) is 11.6. The van der Waals surface area contributed by atoms with Crippen molar-refractivity contribution < 1.29 is 57.2 Å². The molecule has 0 spiro atoms. The summed E-state index contributed by atoms with van der Waals surface area (Å²) in [6.07, 6.45) is -5.15. The number of allylic oxidation sites excluding steroid dienone is 1. The van der Waals surface area contributed by atoms with Crippen LogP contribution in [0, 0.1) is 0 Å². The summed E-state index contributed by atoms with van der Waals surface area (Å²) in [6, 6.07) is 6.18. The van der Waals surface area contributed by atoms with Crippen molar-refractivity contribution in [1.29, 1.82) is 0 Å². The second kappa shape index (κ2) is 13.5. The molecule has 0 amide bonds. The number of carbonyl (C=O) groups excluding carboxylic acids is 6. The number of ketones is 2. The van der Waals surface area contributed by atoms with E-state index in [2.05, 4.69) is 0 Å². The molecule has 0 radical (unpaired) electrons. The van der Waals surface area contributed by atoms with Gasteiger partial charge in [0.15, 0.2) is 23.8 Å². The monoisotopic (exact) mass is 534 g/mol. The lowest BCUT2D eigenvalue weighted by molar-refractivity contribution is -0.288. The minimum Gasteiger partial charge on any atom is -0.463 e. The van der Waals surface area contributed by atoms with Crippen LogP contribution < -0.4 is 4.74 Å². The van der Waals surface area contributed by atoms with E-state index in [1.54, 1.807) is 12.1 Å². The number of Topliss-reactive ketones (excluding diaryl/α,β-unsaturated/α-hetero) is 2. The first-order valence-corrected chi connectivity index (χ1v) is 11.6. The maximum absolute atomic E-state index is 11.9. The highest BCUT2D eigenvalue weighted by Crippen LogP contribution is 2.31. The molecule has 1 aliphatic rings. The normalized spacial score (nSPS) is 22.3. The maximum Gasteiger partial charge on any atom is 0.303 e. The molecular formula is C26H30O12. The van der Waals surface area contributed by atoms with Crippen molar-refractivity contribution in [2.75, 3.05) is 6.61 Å². The maximum atomic E-state index is 11.9. The first-order chi connectivity index (χ1) is 17.8. The molecule has 1 aromatic rings. The third-order valence-corrected chi connectivity index (χ3v) is 5.15. The summed E-state index contributed by atoms with van der Waals surface area (Å²) >= 11 is 0. The van der Waals surface area contributed by atoms with E-state index >= 15 is 0 Å². The lowest BCUT2D eigenvalue weighted by Crippen LogP contribution is -2.63. The van der Waals surface area contributed by atoms with Gasteiger partial charge >= 0.3 is 23.9 Å². The van der Waals surface area contributed by atoms with Crippen LogP contribution in [0.1, 0.15) is 47.1 Å². The third kappa shape index (κ3) is 8.80.